The largest absolute Gasteiger partial charge is 0.493 e. The van der Waals surface area contributed by atoms with Crippen LogP contribution in [0.3, 0.4) is 0 Å². The second-order valence-electron chi connectivity index (χ2n) is 6.59. The molecule has 1 N–H and O–H groups in total. The van der Waals surface area contributed by atoms with Crippen LogP contribution in [-0.2, 0) is 6.54 Å². The quantitative estimate of drug-likeness (QED) is 0.606. The van der Waals surface area contributed by atoms with E-state index in [2.05, 4.69) is 10.3 Å². The van der Waals surface area contributed by atoms with Gasteiger partial charge in [0.05, 0.1) is 31.7 Å². The number of aromatic nitrogens is 2. The molecule has 1 aromatic carbocycles. The number of carbonyl (C=O) groups is 1. The van der Waals surface area contributed by atoms with Gasteiger partial charge in [-0.2, -0.15) is 0 Å². The predicted octanol–water partition coefficient (Wildman–Crippen LogP) is 3.77. The van der Waals surface area contributed by atoms with E-state index in [9.17, 15) is 9.59 Å². The molecule has 3 aromatic rings. The van der Waals surface area contributed by atoms with E-state index in [1.54, 1.807) is 29.1 Å². The first-order valence-corrected chi connectivity index (χ1v) is 10.4. The number of methoxy groups -OCH3 is 2. The van der Waals surface area contributed by atoms with E-state index in [0.29, 0.717) is 34.4 Å². The van der Waals surface area contributed by atoms with Gasteiger partial charge < -0.3 is 19.4 Å². The predicted molar refractivity (Wildman–Crippen MR) is 114 cm³/mol. The Labute approximate surface area is 173 Å². The zero-order chi connectivity index (χ0) is 21.0. The highest BCUT2D eigenvalue weighted by molar-refractivity contribution is 7.09. The molecule has 0 fully saturated rings. The summed E-state index contributed by atoms with van der Waals surface area (Å²) in [4.78, 5) is 30.4. The summed E-state index contributed by atoms with van der Waals surface area (Å²) in [7, 11) is 3.05. The van der Waals surface area contributed by atoms with Crippen LogP contribution in [0.25, 0.3) is 10.8 Å². The van der Waals surface area contributed by atoms with Crippen molar-refractivity contribution in [2.45, 2.75) is 39.3 Å². The SMILES string of the molecule is CCC(CC)n1cc(C(=O)NCc2nccs2)c2cc(OC)c(OC)cc2c1=O. The van der Waals surface area contributed by atoms with Crippen LogP contribution in [0.5, 0.6) is 11.5 Å². The van der Waals surface area contributed by atoms with Crippen molar-refractivity contribution in [3.8, 4) is 11.5 Å². The summed E-state index contributed by atoms with van der Waals surface area (Å²) in [6.45, 7) is 4.39. The molecule has 7 nitrogen and oxygen atoms in total. The summed E-state index contributed by atoms with van der Waals surface area (Å²) in [6.07, 6.45) is 4.93. The number of hydrogen-bond acceptors (Lipinski definition) is 6. The monoisotopic (exact) mass is 415 g/mol. The van der Waals surface area contributed by atoms with Gasteiger partial charge in [-0.15, -0.1) is 11.3 Å². The average molecular weight is 416 g/mol. The lowest BCUT2D eigenvalue weighted by Gasteiger charge is -2.20. The minimum atomic E-state index is -0.267. The van der Waals surface area contributed by atoms with Crippen LogP contribution in [0.15, 0.2) is 34.7 Å². The maximum atomic E-state index is 13.2. The highest BCUT2D eigenvalue weighted by atomic mass is 32.1. The number of amides is 1. The zero-order valence-electron chi connectivity index (χ0n) is 17.0. The standard InChI is InChI=1S/C21H25N3O4S/c1-5-13(6-2)24-12-16(20(25)23-11-19-22-7-8-29-19)14-9-17(27-3)18(28-4)10-15(14)21(24)26/h7-10,12-13H,5-6,11H2,1-4H3,(H,23,25). The Balaban J connectivity index is 2.17. The molecule has 0 saturated heterocycles. The van der Waals surface area contributed by atoms with Crippen LogP contribution in [0.2, 0.25) is 0 Å². The highest BCUT2D eigenvalue weighted by Gasteiger charge is 2.20. The molecule has 2 heterocycles. The fourth-order valence-electron chi connectivity index (χ4n) is 3.41. The van der Waals surface area contributed by atoms with Crippen molar-refractivity contribution in [1.82, 2.24) is 14.9 Å². The first-order valence-electron chi connectivity index (χ1n) is 9.51. The number of ether oxygens (including phenoxy) is 2. The third kappa shape index (κ3) is 4.12. The van der Waals surface area contributed by atoms with Gasteiger partial charge in [0.15, 0.2) is 11.5 Å². The Hall–Kier alpha value is -2.87. The van der Waals surface area contributed by atoms with Crippen LogP contribution in [0, 0.1) is 0 Å². The number of nitrogens with one attached hydrogen (secondary N) is 1. The van der Waals surface area contributed by atoms with Gasteiger partial charge in [-0.1, -0.05) is 13.8 Å². The minimum Gasteiger partial charge on any atom is -0.493 e. The van der Waals surface area contributed by atoms with Crippen molar-refractivity contribution < 1.29 is 14.3 Å². The van der Waals surface area contributed by atoms with Crippen LogP contribution in [0.1, 0.15) is 48.1 Å². The van der Waals surface area contributed by atoms with Crippen molar-refractivity contribution in [3.05, 3.63) is 50.8 Å². The Bertz CT molecular complexity index is 1060. The molecule has 29 heavy (non-hydrogen) atoms. The molecule has 3 rings (SSSR count). The summed E-state index contributed by atoms with van der Waals surface area (Å²) >= 11 is 1.47. The zero-order valence-corrected chi connectivity index (χ0v) is 17.8. The van der Waals surface area contributed by atoms with Crippen molar-refractivity contribution in [3.63, 3.8) is 0 Å². The normalized spacial score (nSPS) is 11.1. The van der Waals surface area contributed by atoms with Gasteiger partial charge >= 0.3 is 0 Å². The van der Waals surface area contributed by atoms with E-state index >= 15 is 0 Å². The van der Waals surface area contributed by atoms with Gasteiger partial charge in [0, 0.05) is 29.2 Å². The van der Waals surface area contributed by atoms with Gasteiger partial charge in [0.1, 0.15) is 5.01 Å². The Morgan fingerprint density at radius 3 is 2.38 bits per heavy atom. The van der Waals surface area contributed by atoms with Crippen LogP contribution in [-0.4, -0.2) is 29.7 Å². The molecule has 0 aliphatic carbocycles. The van der Waals surface area contributed by atoms with Crippen molar-refractivity contribution in [2.24, 2.45) is 0 Å². The molecule has 1 amide bonds. The molecule has 0 aliphatic rings. The summed E-state index contributed by atoms with van der Waals surface area (Å²) in [6, 6.07) is 3.34. The highest BCUT2D eigenvalue weighted by Crippen LogP contribution is 2.33. The second kappa shape index (κ2) is 9.09. The molecule has 0 bridgehead atoms. The van der Waals surface area contributed by atoms with Crippen LogP contribution < -0.4 is 20.3 Å². The minimum absolute atomic E-state index is 0.00510. The molecule has 0 saturated carbocycles. The lowest BCUT2D eigenvalue weighted by atomic mass is 10.0. The lowest BCUT2D eigenvalue weighted by molar-refractivity contribution is 0.0951. The van der Waals surface area contributed by atoms with Crippen molar-refractivity contribution >= 4 is 28.0 Å². The number of hydrogen-bond donors (Lipinski definition) is 1. The van der Waals surface area contributed by atoms with Crippen molar-refractivity contribution in [2.75, 3.05) is 14.2 Å². The van der Waals surface area contributed by atoms with Gasteiger partial charge in [-0.05, 0) is 25.0 Å². The molecule has 0 spiro atoms. The van der Waals surface area contributed by atoms with Crippen molar-refractivity contribution in [1.29, 1.82) is 0 Å². The molecular weight excluding hydrogens is 390 g/mol. The number of benzene rings is 1. The number of pyridine rings is 1. The lowest BCUT2D eigenvalue weighted by Crippen LogP contribution is -2.29. The third-order valence-corrected chi connectivity index (χ3v) is 5.79. The number of rotatable bonds is 8. The fraction of sp³-hybridized carbons (Fsp3) is 0.381. The maximum absolute atomic E-state index is 13.2. The number of thiazole rings is 1. The number of fused-ring (bicyclic) bond motifs is 1. The van der Waals surface area contributed by atoms with Crippen LogP contribution >= 0.6 is 11.3 Å². The Kier molecular flexibility index (Phi) is 6.53. The number of carbonyl (C=O) groups excluding carboxylic acids is 1. The van der Waals surface area contributed by atoms with E-state index in [4.69, 9.17) is 9.47 Å². The Morgan fingerprint density at radius 1 is 1.17 bits per heavy atom. The summed E-state index contributed by atoms with van der Waals surface area (Å²) < 4.78 is 12.4. The number of nitrogens with zero attached hydrogens (tertiary/aromatic N) is 2. The van der Waals surface area contributed by atoms with Crippen LogP contribution in [0.4, 0.5) is 0 Å². The fourth-order valence-corrected chi connectivity index (χ4v) is 3.97. The van der Waals surface area contributed by atoms with Gasteiger partial charge in [0.2, 0.25) is 0 Å². The topological polar surface area (TPSA) is 82.5 Å². The second-order valence-corrected chi connectivity index (χ2v) is 7.57. The van der Waals surface area contributed by atoms with E-state index in [0.717, 1.165) is 17.8 Å². The molecule has 2 aromatic heterocycles. The maximum Gasteiger partial charge on any atom is 0.258 e. The molecular formula is C21H25N3O4S. The molecule has 0 atom stereocenters. The molecule has 0 radical (unpaired) electrons. The van der Waals surface area contributed by atoms with Gasteiger partial charge in [-0.25, -0.2) is 4.98 Å². The van der Waals surface area contributed by atoms with E-state index < -0.39 is 0 Å². The van der Waals surface area contributed by atoms with Gasteiger partial charge in [0.25, 0.3) is 11.5 Å². The smallest absolute Gasteiger partial charge is 0.258 e. The Morgan fingerprint density at radius 2 is 1.83 bits per heavy atom. The van der Waals surface area contributed by atoms with E-state index in [1.807, 2.05) is 19.2 Å². The van der Waals surface area contributed by atoms with Gasteiger partial charge in [-0.3, -0.25) is 9.59 Å². The first kappa shape index (κ1) is 20.9. The summed E-state index contributed by atoms with van der Waals surface area (Å²) in [5.41, 5.74) is 0.273. The van der Waals surface area contributed by atoms with E-state index in [1.165, 1.54) is 25.6 Å². The third-order valence-electron chi connectivity index (χ3n) is 5.01. The molecule has 0 unspecified atom stereocenters. The molecule has 0 aliphatic heterocycles. The van der Waals surface area contributed by atoms with E-state index in [-0.39, 0.29) is 17.5 Å². The molecule has 8 heteroatoms. The first-order chi connectivity index (χ1) is 14.0. The average Bonchev–Trinajstić information content (AvgIpc) is 3.27. The molecule has 154 valence electrons. The summed E-state index contributed by atoms with van der Waals surface area (Å²) in [5.74, 6) is 0.652. The summed E-state index contributed by atoms with van der Waals surface area (Å²) in [5, 5.41) is 6.54.